The van der Waals surface area contributed by atoms with E-state index in [-0.39, 0.29) is 17.7 Å². The first-order valence-corrected chi connectivity index (χ1v) is 8.80. The lowest BCUT2D eigenvalue weighted by Gasteiger charge is -2.36. The Hall–Kier alpha value is -2.04. The second kappa shape index (κ2) is 8.18. The van der Waals surface area contributed by atoms with Crippen LogP contribution in [0, 0.1) is 11.8 Å². The Labute approximate surface area is 145 Å². The maximum absolute atomic E-state index is 12.1. The van der Waals surface area contributed by atoms with Gasteiger partial charge in [0.25, 0.3) is 0 Å². The predicted molar refractivity (Wildman–Crippen MR) is 98.2 cm³/mol. The molecule has 0 aromatic heterocycles. The average Bonchev–Trinajstić information content (AvgIpc) is 2.55. The van der Waals surface area contributed by atoms with E-state index in [1.54, 1.807) is 0 Å². The number of nitrogens with zero attached hydrogens (tertiary/aromatic N) is 2. The molecule has 0 spiro atoms. The highest BCUT2D eigenvalue weighted by molar-refractivity contribution is 5.92. The molecule has 1 aliphatic heterocycles. The van der Waals surface area contributed by atoms with Crippen molar-refractivity contribution < 1.29 is 9.59 Å². The number of carbonyl (C=O) groups is 2. The molecule has 0 saturated carbocycles. The first-order valence-electron chi connectivity index (χ1n) is 8.80. The van der Waals surface area contributed by atoms with Crippen LogP contribution in [0.3, 0.4) is 0 Å². The quantitative estimate of drug-likeness (QED) is 0.902. The number of hydrogen-bond acceptors (Lipinski definition) is 3. The minimum absolute atomic E-state index is 0.0267. The summed E-state index contributed by atoms with van der Waals surface area (Å²) >= 11 is 0. The summed E-state index contributed by atoms with van der Waals surface area (Å²) < 4.78 is 0. The van der Waals surface area contributed by atoms with E-state index in [0.717, 1.165) is 37.6 Å². The molecule has 0 bridgehead atoms. The molecule has 1 fully saturated rings. The van der Waals surface area contributed by atoms with Gasteiger partial charge in [0.05, 0.1) is 0 Å². The van der Waals surface area contributed by atoms with Gasteiger partial charge in [0, 0.05) is 49.9 Å². The number of benzene rings is 1. The van der Waals surface area contributed by atoms with E-state index in [0.29, 0.717) is 12.3 Å². The molecule has 1 aromatic rings. The topological polar surface area (TPSA) is 52.7 Å². The van der Waals surface area contributed by atoms with Crippen molar-refractivity contribution in [1.29, 1.82) is 0 Å². The Bertz CT molecular complexity index is 558. The number of rotatable bonds is 5. The fourth-order valence-electron chi connectivity index (χ4n) is 2.73. The van der Waals surface area contributed by atoms with Gasteiger partial charge >= 0.3 is 0 Å². The lowest BCUT2D eigenvalue weighted by molar-refractivity contribution is -0.132. The molecule has 2 rings (SSSR count). The van der Waals surface area contributed by atoms with E-state index in [1.807, 2.05) is 43.0 Å². The largest absolute Gasteiger partial charge is 0.368 e. The summed E-state index contributed by atoms with van der Waals surface area (Å²) in [6.45, 7) is 11.2. The van der Waals surface area contributed by atoms with Crippen molar-refractivity contribution in [3.05, 3.63) is 24.3 Å². The van der Waals surface area contributed by atoms with E-state index >= 15 is 0 Å². The molecule has 5 nitrogen and oxygen atoms in total. The van der Waals surface area contributed by atoms with Gasteiger partial charge in [-0.2, -0.15) is 0 Å². The van der Waals surface area contributed by atoms with Gasteiger partial charge in [0.2, 0.25) is 11.8 Å². The number of piperazine rings is 1. The lowest BCUT2D eigenvalue weighted by Crippen LogP contribution is -2.49. The molecule has 0 radical (unpaired) electrons. The molecular formula is C19H29N3O2. The van der Waals surface area contributed by atoms with Crippen molar-refractivity contribution in [2.45, 2.75) is 34.1 Å². The summed E-state index contributed by atoms with van der Waals surface area (Å²) in [5.74, 6) is 0.668. The summed E-state index contributed by atoms with van der Waals surface area (Å²) in [7, 11) is 0. The maximum atomic E-state index is 12.1. The van der Waals surface area contributed by atoms with Gasteiger partial charge in [-0.05, 0) is 30.2 Å². The van der Waals surface area contributed by atoms with Crippen LogP contribution in [0.15, 0.2) is 24.3 Å². The molecule has 1 aliphatic rings. The molecule has 0 atom stereocenters. The molecule has 0 aliphatic carbocycles. The van der Waals surface area contributed by atoms with Gasteiger partial charge in [-0.15, -0.1) is 0 Å². The first kappa shape index (κ1) is 18.3. The first-order chi connectivity index (χ1) is 11.4. The Morgan fingerprint density at radius 1 is 1.00 bits per heavy atom. The van der Waals surface area contributed by atoms with Crippen LogP contribution in [0.1, 0.15) is 34.1 Å². The monoisotopic (exact) mass is 331 g/mol. The molecule has 1 heterocycles. The zero-order chi connectivity index (χ0) is 17.7. The highest BCUT2D eigenvalue weighted by atomic mass is 16.2. The van der Waals surface area contributed by atoms with Crippen LogP contribution in [0.4, 0.5) is 11.4 Å². The van der Waals surface area contributed by atoms with Gasteiger partial charge in [-0.25, -0.2) is 0 Å². The molecule has 24 heavy (non-hydrogen) atoms. The molecule has 1 N–H and O–H groups in total. The summed E-state index contributed by atoms with van der Waals surface area (Å²) in [5.41, 5.74) is 1.96. The predicted octanol–water partition coefficient (Wildman–Crippen LogP) is 2.98. The van der Waals surface area contributed by atoms with Crippen LogP contribution in [0.2, 0.25) is 0 Å². The van der Waals surface area contributed by atoms with Crippen LogP contribution in [-0.4, -0.2) is 42.9 Å². The molecule has 2 amide bonds. The second-order valence-corrected chi connectivity index (χ2v) is 7.16. The van der Waals surface area contributed by atoms with E-state index in [2.05, 4.69) is 24.1 Å². The number of carbonyl (C=O) groups excluding carboxylic acids is 2. The third-order valence-corrected chi connectivity index (χ3v) is 4.24. The lowest BCUT2D eigenvalue weighted by atomic mass is 10.1. The highest BCUT2D eigenvalue weighted by Crippen LogP contribution is 2.20. The molecule has 132 valence electrons. The minimum Gasteiger partial charge on any atom is -0.368 e. The van der Waals surface area contributed by atoms with Crippen LogP contribution in [0.5, 0.6) is 0 Å². The fraction of sp³-hybridized carbons (Fsp3) is 0.579. The normalized spacial score (nSPS) is 15.1. The Morgan fingerprint density at radius 3 is 2.08 bits per heavy atom. The minimum atomic E-state index is -0.0267. The summed E-state index contributed by atoms with van der Waals surface area (Å²) in [6, 6.07) is 7.93. The number of amides is 2. The number of anilines is 2. The third kappa shape index (κ3) is 4.98. The fourth-order valence-corrected chi connectivity index (χ4v) is 2.73. The van der Waals surface area contributed by atoms with Gasteiger partial charge in [-0.3, -0.25) is 9.59 Å². The van der Waals surface area contributed by atoms with Crippen molar-refractivity contribution in [2.75, 3.05) is 36.4 Å². The van der Waals surface area contributed by atoms with E-state index < -0.39 is 0 Å². The smallest absolute Gasteiger partial charge is 0.226 e. The molecule has 5 heteroatoms. The number of hydrogen-bond donors (Lipinski definition) is 1. The van der Waals surface area contributed by atoms with Crippen molar-refractivity contribution >= 4 is 23.2 Å². The molecule has 1 aromatic carbocycles. The van der Waals surface area contributed by atoms with Crippen molar-refractivity contribution in [2.24, 2.45) is 11.8 Å². The van der Waals surface area contributed by atoms with Crippen LogP contribution >= 0.6 is 0 Å². The Balaban J connectivity index is 1.88. The molecule has 1 saturated heterocycles. The highest BCUT2D eigenvalue weighted by Gasteiger charge is 2.21. The number of nitrogens with one attached hydrogen (secondary N) is 1. The summed E-state index contributed by atoms with van der Waals surface area (Å²) in [5, 5.41) is 2.90. The van der Waals surface area contributed by atoms with Crippen LogP contribution in [-0.2, 0) is 9.59 Å². The zero-order valence-electron chi connectivity index (χ0n) is 15.2. The van der Waals surface area contributed by atoms with Gasteiger partial charge in [0.1, 0.15) is 0 Å². The summed E-state index contributed by atoms with van der Waals surface area (Å²) in [4.78, 5) is 28.1. The molecule has 0 unspecified atom stereocenters. The van der Waals surface area contributed by atoms with Gasteiger partial charge in [-0.1, -0.05) is 27.7 Å². The second-order valence-electron chi connectivity index (χ2n) is 7.16. The summed E-state index contributed by atoms with van der Waals surface area (Å²) in [6.07, 6.45) is 0.629. The Kier molecular flexibility index (Phi) is 6.23. The van der Waals surface area contributed by atoms with E-state index in [1.165, 1.54) is 0 Å². The van der Waals surface area contributed by atoms with Crippen molar-refractivity contribution in [3.63, 3.8) is 0 Å². The third-order valence-electron chi connectivity index (χ3n) is 4.24. The van der Waals surface area contributed by atoms with E-state index in [4.69, 9.17) is 0 Å². The van der Waals surface area contributed by atoms with Crippen LogP contribution in [0.25, 0.3) is 0 Å². The van der Waals surface area contributed by atoms with E-state index in [9.17, 15) is 9.59 Å². The van der Waals surface area contributed by atoms with Crippen molar-refractivity contribution in [1.82, 2.24) is 4.90 Å². The van der Waals surface area contributed by atoms with Gasteiger partial charge < -0.3 is 15.1 Å². The maximum Gasteiger partial charge on any atom is 0.226 e. The zero-order valence-corrected chi connectivity index (χ0v) is 15.2. The average molecular weight is 331 g/mol. The SMILES string of the molecule is CC(C)CC(=O)N1CCN(c2ccc(NC(=O)C(C)C)cc2)CC1. The van der Waals surface area contributed by atoms with Crippen LogP contribution < -0.4 is 10.2 Å². The van der Waals surface area contributed by atoms with Crippen molar-refractivity contribution in [3.8, 4) is 0 Å². The van der Waals surface area contributed by atoms with Gasteiger partial charge in [0.15, 0.2) is 0 Å². The molecular weight excluding hydrogens is 302 g/mol. The Morgan fingerprint density at radius 2 is 1.58 bits per heavy atom. The standard InChI is InChI=1S/C19H29N3O2/c1-14(2)13-18(23)22-11-9-21(10-12-22)17-7-5-16(6-8-17)20-19(24)15(3)4/h5-8,14-15H,9-13H2,1-4H3,(H,20,24).